The Morgan fingerprint density at radius 2 is 1.94 bits per heavy atom. The highest BCUT2D eigenvalue weighted by Crippen LogP contribution is 2.28. The number of ether oxygens (including phenoxy) is 1. The van der Waals surface area contributed by atoms with Crippen molar-refractivity contribution in [1.82, 2.24) is 5.32 Å². The van der Waals surface area contributed by atoms with Crippen molar-refractivity contribution in [3.8, 4) is 5.75 Å². The van der Waals surface area contributed by atoms with Crippen LogP contribution < -0.4 is 20.3 Å². The van der Waals surface area contributed by atoms with Gasteiger partial charge in [-0.25, -0.2) is 0 Å². The number of hydrogen-bond donors (Lipinski definition) is 2. The van der Waals surface area contributed by atoms with Gasteiger partial charge in [-0.2, -0.15) is 0 Å². The SMILES string of the molecule is COc1cccc(N2CC(C(=O)NCc3cccc(NC(=O)CC(C)C)c3)CC2=O)c1. The first-order valence-electron chi connectivity index (χ1n) is 10.5. The lowest BCUT2D eigenvalue weighted by Crippen LogP contribution is -2.32. The molecule has 164 valence electrons. The maximum atomic E-state index is 12.7. The number of nitrogens with zero attached hydrogens (tertiary/aromatic N) is 1. The van der Waals surface area contributed by atoms with Gasteiger partial charge in [-0.3, -0.25) is 14.4 Å². The number of methoxy groups -OCH3 is 1. The lowest BCUT2D eigenvalue weighted by atomic mass is 10.1. The van der Waals surface area contributed by atoms with E-state index in [-0.39, 0.29) is 30.1 Å². The van der Waals surface area contributed by atoms with E-state index in [4.69, 9.17) is 4.74 Å². The smallest absolute Gasteiger partial charge is 0.227 e. The van der Waals surface area contributed by atoms with Gasteiger partial charge in [-0.05, 0) is 35.7 Å². The molecule has 1 saturated heterocycles. The van der Waals surface area contributed by atoms with Crippen LogP contribution in [0.15, 0.2) is 48.5 Å². The Morgan fingerprint density at radius 1 is 1.16 bits per heavy atom. The Morgan fingerprint density at radius 3 is 2.68 bits per heavy atom. The average Bonchev–Trinajstić information content (AvgIpc) is 3.13. The molecule has 1 aliphatic heterocycles. The maximum absolute atomic E-state index is 12.7. The van der Waals surface area contributed by atoms with Crippen molar-refractivity contribution in [2.45, 2.75) is 33.2 Å². The van der Waals surface area contributed by atoms with E-state index in [1.165, 1.54) is 0 Å². The van der Waals surface area contributed by atoms with E-state index >= 15 is 0 Å². The fourth-order valence-corrected chi connectivity index (χ4v) is 3.59. The molecule has 0 spiro atoms. The molecule has 1 atom stereocenters. The van der Waals surface area contributed by atoms with Crippen LogP contribution in [0.25, 0.3) is 0 Å². The van der Waals surface area contributed by atoms with Crippen molar-refractivity contribution in [2.75, 3.05) is 23.9 Å². The van der Waals surface area contributed by atoms with Gasteiger partial charge in [0.1, 0.15) is 5.75 Å². The molecular weight excluding hydrogens is 394 g/mol. The minimum Gasteiger partial charge on any atom is -0.497 e. The molecule has 1 heterocycles. The molecule has 3 amide bonds. The summed E-state index contributed by atoms with van der Waals surface area (Å²) < 4.78 is 5.22. The summed E-state index contributed by atoms with van der Waals surface area (Å²) in [5.74, 6) is 0.272. The Labute approximate surface area is 182 Å². The third-order valence-electron chi connectivity index (χ3n) is 5.13. The molecular formula is C24H29N3O4. The largest absolute Gasteiger partial charge is 0.497 e. The summed E-state index contributed by atoms with van der Waals surface area (Å²) in [6.45, 7) is 4.66. The van der Waals surface area contributed by atoms with Gasteiger partial charge < -0.3 is 20.3 Å². The first-order valence-corrected chi connectivity index (χ1v) is 10.5. The van der Waals surface area contributed by atoms with E-state index in [2.05, 4.69) is 10.6 Å². The molecule has 0 aliphatic carbocycles. The predicted octanol–water partition coefficient (Wildman–Crippen LogP) is 3.35. The van der Waals surface area contributed by atoms with Crippen LogP contribution in [-0.2, 0) is 20.9 Å². The van der Waals surface area contributed by atoms with Crippen LogP contribution in [0.5, 0.6) is 5.75 Å². The second-order valence-electron chi connectivity index (χ2n) is 8.17. The molecule has 2 aromatic rings. The molecule has 0 bridgehead atoms. The molecule has 1 aliphatic rings. The van der Waals surface area contributed by atoms with Crippen molar-refractivity contribution < 1.29 is 19.1 Å². The number of carbonyl (C=O) groups is 3. The highest BCUT2D eigenvalue weighted by atomic mass is 16.5. The number of anilines is 2. The lowest BCUT2D eigenvalue weighted by molar-refractivity contribution is -0.126. The minimum atomic E-state index is -0.410. The lowest BCUT2D eigenvalue weighted by Gasteiger charge is -2.17. The second-order valence-corrected chi connectivity index (χ2v) is 8.17. The van der Waals surface area contributed by atoms with Crippen molar-refractivity contribution >= 4 is 29.1 Å². The zero-order valence-electron chi connectivity index (χ0n) is 18.2. The van der Waals surface area contributed by atoms with Crippen LogP contribution in [0.2, 0.25) is 0 Å². The zero-order valence-corrected chi connectivity index (χ0v) is 18.2. The Bertz CT molecular complexity index is 957. The summed E-state index contributed by atoms with van der Waals surface area (Å²) in [4.78, 5) is 38.7. The standard InChI is InChI=1S/C24H29N3O4/c1-16(2)10-22(28)26-19-7-4-6-17(11-19)14-25-24(30)18-12-23(29)27(15-18)20-8-5-9-21(13-20)31-3/h4-9,11,13,16,18H,10,12,14-15H2,1-3H3,(H,25,30)(H,26,28). The first-order chi connectivity index (χ1) is 14.9. The second kappa shape index (κ2) is 10.1. The molecule has 0 saturated carbocycles. The van der Waals surface area contributed by atoms with Crippen molar-refractivity contribution in [1.29, 1.82) is 0 Å². The van der Waals surface area contributed by atoms with Crippen molar-refractivity contribution in [3.63, 3.8) is 0 Å². The quantitative estimate of drug-likeness (QED) is 0.682. The van der Waals surface area contributed by atoms with Gasteiger partial charge in [0.05, 0.1) is 13.0 Å². The summed E-state index contributed by atoms with van der Waals surface area (Å²) >= 11 is 0. The molecule has 31 heavy (non-hydrogen) atoms. The predicted molar refractivity (Wildman–Crippen MR) is 120 cm³/mol. The molecule has 0 radical (unpaired) electrons. The minimum absolute atomic E-state index is 0.0294. The third-order valence-corrected chi connectivity index (χ3v) is 5.13. The fraction of sp³-hybridized carbons (Fsp3) is 0.375. The first kappa shape index (κ1) is 22.3. The maximum Gasteiger partial charge on any atom is 0.227 e. The Kier molecular flexibility index (Phi) is 7.28. The number of amides is 3. The summed E-state index contributed by atoms with van der Waals surface area (Å²) in [6.07, 6.45) is 0.634. The van der Waals surface area contributed by atoms with Crippen LogP contribution in [0.3, 0.4) is 0 Å². The molecule has 7 heteroatoms. The molecule has 3 rings (SSSR count). The zero-order chi connectivity index (χ0) is 22.4. The molecule has 1 unspecified atom stereocenters. The normalized spacial score (nSPS) is 15.8. The van der Waals surface area contributed by atoms with Crippen LogP contribution in [0, 0.1) is 11.8 Å². The van der Waals surface area contributed by atoms with Gasteiger partial charge in [0.15, 0.2) is 0 Å². The van der Waals surface area contributed by atoms with E-state index in [0.717, 1.165) is 11.3 Å². The highest BCUT2D eigenvalue weighted by Gasteiger charge is 2.35. The summed E-state index contributed by atoms with van der Waals surface area (Å²) in [6, 6.07) is 14.7. The fourth-order valence-electron chi connectivity index (χ4n) is 3.59. The van der Waals surface area contributed by atoms with Gasteiger partial charge in [0, 0.05) is 43.4 Å². The molecule has 1 fully saturated rings. The average molecular weight is 424 g/mol. The van der Waals surface area contributed by atoms with Crippen LogP contribution in [-0.4, -0.2) is 31.4 Å². The van der Waals surface area contributed by atoms with E-state index < -0.39 is 5.92 Å². The van der Waals surface area contributed by atoms with Crippen molar-refractivity contribution in [2.24, 2.45) is 11.8 Å². The molecule has 2 aromatic carbocycles. The molecule has 7 nitrogen and oxygen atoms in total. The Balaban J connectivity index is 1.56. The van der Waals surface area contributed by atoms with Gasteiger partial charge in [0.2, 0.25) is 17.7 Å². The van der Waals surface area contributed by atoms with E-state index in [9.17, 15) is 14.4 Å². The highest BCUT2D eigenvalue weighted by molar-refractivity contribution is 6.00. The van der Waals surface area contributed by atoms with Crippen LogP contribution in [0.4, 0.5) is 11.4 Å². The number of nitrogens with one attached hydrogen (secondary N) is 2. The Hall–Kier alpha value is -3.35. The van der Waals surface area contributed by atoms with Crippen LogP contribution >= 0.6 is 0 Å². The topological polar surface area (TPSA) is 87.7 Å². The van der Waals surface area contributed by atoms with E-state index in [1.54, 1.807) is 18.1 Å². The number of rotatable bonds is 8. The van der Waals surface area contributed by atoms with Crippen molar-refractivity contribution in [3.05, 3.63) is 54.1 Å². The summed E-state index contributed by atoms with van der Waals surface area (Å²) in [5, 5.41) is 5.80. The van der Waals surface area contributed by atoms with Crippen LogP contribution in [0.1, 0.15) is 32.3 Å². The summed E-state index contributed by atoms with van der Waals surface area (Å²) in [7, 11) is 1.58. The van der Waals surface area contributed by atoms with Gasteiger partial charge in [-0.1, -0.05) is 32.0 Å². The number of carbonyl (C=O) groups excluding carboxylic acids is 3. The number of benzene rings is 2. The van der Waals surface area contributed by atoms with E-state index in [1.807, 2.05) is 56.3 Å². The molecule has 0 aromatic heterocycles. The summed E-state index contributed by atoms with van der Waals surface area (Å²) in [5.41, 5.74) is 2.31. The number of hydrogen-bond acceptors (Lipinski definition) is 4. The van der Waals surface area contributed by atoms with Gasteiger partial charge in [0.25, 0.3) is 0 Å². The third kappa shape index (κ3) is 6.07. The molecule has 2 N–H and O–H groups in total. The van der Waals surface area contributed by atoms with Gasteiger partial charge >= 0.3 is 0 Å². The van der Waals surface area contributed by atoms with E-state index in [0.29, 0.717) is 30.9 Å². The van der Waals surface area contributed by atoms with Gasteiger partial charge in [-0.15, -0.1) is 0 Å². The monoisotopic (exact) mass is 423 g/mol.